The molecule has 1 N–H and O–H groups in total. The Balaban J connectivity index is 1.69. The summed E-state index contributed by atoms with van der Waals surface area (Å²) in [4.78, 5) is 4.23. The Morgan fingerprint density at radius 2 is 2.17 bits per heavy atom. The molecule has 1 atom stereocenters. The maximum atomic E-state index is 4.23. The van der Waals surface area contributed by atoms with E-state index in [1.165, 1.54) is 35.1 Å². The zero-order valence-corrected chi connectivity index (χ0v) is 10.7. The van der Waals surface area contributed by atoms with Gasteiger partial charge in [-0.3, -0.25) is 4.98 Å². The van der Waals surface area contributed by atoms with Crippen molar-refractivity contribution in [1.29, 1.82) is 0 Å². The van der Waals surface area contributed by atoms with Crippen LogP contribution in [-0.2, 0) is 13.0 Å². The van der Waals surface area contributed by atoms with Crippen molar-refractivity contribution < 1.29 is 0 Å². The number of rotatable bonds is 3. The minimum Gasteiger partial charge on any atom is -0.306 e. The minimum atomic E-state index is 0.502. The number of aryl methyl sites for hydroxylation is 2. The van der Waals surface area contributed by atoms with Crippen LogP contribution >= 0.6 is 0 Å². The van der Waals surface area contributed by atoms with Gasteiger partial charge in [-0.15, -0.1) is 0 Å². The van der Waals surface area contributed by atoms with Gasteiger partial charge in [0.25, 0.3) is 0 Å². The molecular formula is C16H18N2. The highest BCUT2D eigenvalue weighted by Gasteiger charge is 2.20. The van der Waals surface area contributed by atoms with Gasteiger partial charge in [-0.05, 0) is 42.0 Å². The molecule has 1 aliphatic rings. The van der Waals surface area contributed by atoms with Gasteiger partial charge in [-0.25, -0.2) is 0 Å². The third-order valence-corrected chi connectivity index (χ3v) is 3.62. The van der Waals surface area contributed by atoms with Crippen LogP contribution in [0.15, 0.2) is 42.7 Å². The van der Waals surface area contributed by atoms with Crippen LogP contribution in [0.4, 0.5) is 0 Å². The molecule has 1 heterocycles. The lowest BCUT2D eigenvalue weighted by Gasteiger charge is -2.14. The summed E-state index contributed by atoms with van der Waals surface area (Å²) in [6, 6.07) is 11.4. The largest absolute Gasteiger partial charge is 0.306 e. The number of benzene rings is 1. The van der Waals surface area contributed by atoms with Gasteiger partial charge in [0.05, 0.1) is 0 Å². The zero-order valence-electron chi connectivity index (χ0n) is 10.7. The molecule has 0 aliphatic heterocycles. The molecule has 0 fully saturated rings. The van der Waals surface area contributed by atoms with Gasteiger partial charge in [0.1, 0.15) is 0 Å². The fraction of sp³-hybridized carbons (Fsp3) is 0.312. The van der Waals surface area contributed by atoms with E-state index < -0.39 is 0 Å². The molecule has 2 nitrogen and oxygen atoms in total. The van der Waals surface area contributed by atoms with E-state index in [0.717, 1.165) is 6.54 Å². The molecule has 0 spiro atoms. The maximum Gasteiger partial charge on any atom is 0.0329 e. The molecule has 0 radical (unpaired) electrons. The van der Waals surface area contributed by atoms with Gasteiger partial charge in [0, 0.05) is 25.0 Å². The number of aromatic nitrogens is 1. The van der Waals surface area contributed by atoms with E-state index >= 15 is 0 Å². The Bertz CT molecular complexity index is 548. The standard InChI is InChI=1S/C16H18N2/c1-12-8-13(10-17-9-12)11-18-16-7-6-14-4-2-3-5-15(14)16/h2-5,8-10,16,18H,6-7,11H2,1H3. The summed E-state index contributed by atoms with van der Waals surface area (Å²) < 4.78 is 0. The van der Waals surface area contributed by atoms with Gasteiger partial charge < -0.3 is 5.32 Å². The number of nitrogens with zero attached hydrogens (tertiary/aromatic N) is 1. The second-order valence-electron chi connectivity index (χ2n) is 5.04. The second-order valence-corrected chi connectivity index (χ2v) is 5.04. The smallest absolute Gasteiger partial charge is 0.0329 e. The lowest BCUT2D eigenvalue weighted by molar-refractivity contribution is 0.529. The van der Waals surface area contributed by atoms with Crippen LogP contribution in [0.1, 0.15) is 34.7 Å². The van der Waals surface area contributed by atoms with Crippen LogP contribution < -0.4 is 5.32 Å². The highest BCUT2D eigenvalue weighted by Crippen LogP contribution is 2.30. The number of hydrogen-bond acceptors (Lipinski definition) is 2. The Kier molecular flexibility index (Phi) is 3.11. The van der Waals surface area contributed by atoms with Crippen molar-refractivity contribution in [3.8, 4) is 0 Å². The highest BCUT2D eigenvalue weighted by atomic mass is 14.9. The Morgan fingerprint density at radius 1 is 1.28 bits per heavy atom. The molecule has 0 saturated carbocycles. The molecule has 0 saturated heterocycles. The van der Waals surface area contributed by atoms with Gasteiger partial charge in [0.15, 0.2) is 0 Å². The molecule has 2 heteroatoms. The summed E-state index contributed by atoms with van der Waals surface area (Å²) in [6.45, 7) is 2.98. The molecule has 1 unspecified atom stereocenters. The lowest BCUT2D eigenvalue weighted by Crippen LogP contribution is -2.18. The van der Waals surface area contributed by atoms with Crippen LogP contribution in [0.3, 0.4) is 0 Å². The van der Waals surface area contributed by atoms with Crippen molar-refractivity contribution in [2.45, 2.75) is 32.4 Å². The maximum absolute atomic E-state index is 4.23. The van der Waals surface area contributed by atoms with Crippen LogP contribution in [0.5, 0.6) is 0 Å². The molecule has 1 aliphatic carbocycles. The third-order valence-electron chi connectivity index (χ3n) is 3.62. The Hall–Kier alpha value is -1.67. The summed E-state index contributed by atoms with van der Waals surface area (Å²) in [5, 5.41) is 3.64. The van der Waals surface area contributed by atoms with Gasteiger partial charge in [-0.2, -0.15) is 0 Å². The molecule has 92 valence electrons. The summed E-state index contributed by atoms with van der Waals surface area (Å²) in [7, 11) is 0. The van der Waals surface area contributed by atoms with Crippen molar-refractivity contribution in [2.75, 3.05) is 0 Å². The van der Waals surface area contributed by atoms with Crippen molar-refractivity contribution in [3.63, 3.8) is 0 Å². The van der Waals surface area contributed by atoms with E-state index in [-0.39, 0.29) is 0 Å². The Labute approximate surface area is 108 Å². The highest BCUT2D eigenvalue weighted by molar-refractivity contribution is 5.34. The van der Waals surface area contributed by atoms with Gasteiger partial charge in [-0.1, -0.05) is 30.3 Å². The first-order chi connectivity index (χ1) is 8.83. The van der Waals surface area contributed by atoms with E-state index in [0.29, 0.717) is 6.04 Å². The predicted octanol–water partition coefficient (Wildman–Crippen LogP) is 3.17. The average molecular weight is 238 g/mol. The topological polar surface area (TPSA) is 24.9 Å². The number of pyridine rings is 1. The minimum absolute atomic E-state index is 0.502. The predicted molar refractivity (Wildman–Crippen MR) is 73.3 cm³/mol. The van der Waals surface area contributed by atoms with Crippen molar-refractivity contribution >= 4 is 0 Å². The molecule has 18 heavy (non-hydrogen) atoms. The number of nitrogens with one attached hydrogen (secondary N) is 1. The third kappa shape index (κ3) is 2.29. The van der Waals surface area contributed by atoms with E-state index in [4.69, 9.17) is 0 Å². The molecule has 3 rings (SSSR count). The van der Waals surface area contributed by atoms with Crippen molar-refractivity contribution in [2.24, 2.45) is 0 Å². The van der Waals surface area contributed by atoms with Gasteiger partial charge in [0.2, 0.25) is 0 Å². The van der Waals surface area contributed by atoms with Crippen LogP contribution in [0.2, 0.25) is 0 Å². The zero-order chi connectivity index (χ0) is 12.4. The van der Waals surface area contributed by atoms with E-state index in [2.05, 4.69) is 47.6 Å². The van der Waals surface area contributed by atoms with E-state index in [1.807, 2.05) is 12.4 Å². The summed E-state index contributed by atoms with van der Waals surface area (Å²) in [6.07, 6.45) is 6.24. The molecule has 2 aromatic rings. The quantitative estimate of drug-likeness (QED) is 0.888. The average Bonchev–Trinajstić information content (AvgIpc) is 2.80. The fourth-order valence-electron chi connectivity index (χ4n) is 2.72. The first kappa shape index (κ1) is 11.4. The Morgan fingerprint density at radius 3 is 3.06 bits per heavy atom. The molecule has 1 aromatic carbocycles. The van der Waals surface area contributed by atoms with Gasteiger partial charge >= 0.3 is 0 Å². The fourth-order valence-corrected chi connectivity index (χ4v) is 2.72. The van der Waals surface area contributed by atoms with E-state index in [1.54, 1.807) is 0 Å². The van der Waals surface area contributed by atoms with Crippen LogP contribution in [0.25, 0.3) is 0 Å². The SMILES string of the molecule is Cc1cncc(CNC2CCc3ccccc32)c1. The van der Waals surface area contributed by atoms with E-state index in [9.17, 15) is 0 Å². The first-order valence-electron chi connectivity index (χ1n) is 6.54. The summed E-state index contributed by atoms with van der Waals surface area (Å²) in [5.41, 5.74) is 5.45. The van der Waals surface area contributed by atoms with Crippen molar-refractivity contribution in [1.82, 2.24) is 10.3 Å². The summed E-state index contributed by atoms with van der Waals surface area (Å²) in [5.74, 6) is 0. The van der Waals surface area contributed by atoms with Crippen LogP contribution in [-0.4, -0.2) is 4.98 Å². The molecule has 0 amide bonds. The van der Waals surface area contributed by atoms with Crippen LogP contribution in [0, 0.1) is 6.92 Å². The lowest BCUT2D eigenvalue weighted by atomic mass is 10.1. The first-order valence-corrected chi connectivity index (χ1v) is 6.54. The monoisotopic (exact) mass is 238 g/mol. The molecule has 0 bridgehead atoms. The summed E-state index contributed by atoms with van der Waals surface area (Å²) >= 11 is 0. The second kappa shape index (κ2) is 4.91. The number of hydrogen-bond donors (Lipinski definition) is 1. The van der Waals surface area contributed by atoms with Crippen molar-refractivity contribution in [3.05, 3.63) is 65.0 Å². The molecule has 1 aromatic heterocycles. The molecular weight excluding hydrogens is 220 g/mol. The number of fused-ring (bicyclic) bond motifs is 1. The normalized spacial score (nSPS) is 17.7.